The lowest BCUT2D eigenvalue weighted by Gasteiger charge is -2.32. The number of halogens is 1. The van der Waals surface area contributed by atoms with Gasteiger partial charge in [-0.25, -0.2) is 13.4 Å². The second-order valence-electron chi connectivity index (χ2n) is 5.14. The van der Waals surface area contributed by atoms with Gasteiger partial charge in [-0.05, 0) is 24.5 Å². The molecular weight excluding hydrogens is 296 g/mol. The summed E-state index contributed by atoms with van der Waals surface area (Å²) in [7, 11) is -3.50. The minimum Gasteiger partial charge on any atom is -0.243 e. The number of nitrogens with zero attached hydrogens (tertiary/aromatic N) is 2. The van der Waals surface area contributed by atoms with Gasteiger partial charge in [0, 0.05) is 24.7 Å². The van der Waals surface area contributed by atoms with Crippen LogP contribution in [0.5, 0.6) is 0 Å². The van der Waals surface area contributed by atoms with Crippen molar-refractivity contribution in [2.24, 2.45) is 0 Å². The van der Waals surface area contributed by atoms with Gasteiger partial charge in [0.05, 0.1) is 0 Å². The van der Waals surface area contributed by atoms with Crippen molar-refractivity contribution >= 4 is 21.6 Å². The molecule has 0 aliphatic heterocycles. The second kappa shape index (κ2) is 6.87. The maximum absolute atomic E-state index is 12.7. The molecule has 0 N–H and O–H groups in total. The first-order valence-corrected chi connectivity index (χ1v) is 9.09. The summed E-state index contributed by atoms with van der Waals surface area (Å²) >= 11 is 5.71. The van der Waals surface area contributed by atoms with Gasteiger partial charge in [-0.1, -0.05) is 32.3 Å². The summed E-state index contributed by atoms with van der Waals surface area (Å²) in [6.07, 6.45) is 6.86. The highest BCUT2D eigenvalue weighted by Gasteiger charge is 2.31. The number of hydrogen-bond acceptors (Lipinski definition) is 3. The van der Waals surface area contributed by atoms with Gasteiger partial charge in [0.25, 0.3) is 10.0 Å². The van der Waals surface area contributed by atoms with Crippen molar-refractivity contribution in [3.8, 4) is 0 Å². The SMILES string of the molecule is CCN(C1CCCCC1)S(=O)(=O)c1ccc(CCl)cn1. The van der Waals surface area contributed by atoms with Gasteiger partial charge in [0.2, 0.25) is 0 Å². The van der Waals surface area contributed by atoms with Crippen molar-refractivity contribution in [3.05, 3.63) is 23.9 Å². The highest BCUT2D eigenvalue weighted by atomic mass is 35.5. The van der Waals surface area contributed by atoms with E-state index in [1.807, 2.05) is 6.92 Å². The average molecular weight is 317 g/mol. The average Bonchev–Trinajstić information content (AvgIpc) is 2.49. The predicted octanol–water partition coefficient (Wildman–Crippen LogP) is 3.16. The summed E-state index contributed by atoms with van der Waals surface area (Å²) in [5, 5.41) is 0.124. The lowest BCUT2D eigenvalue weighted by atomic mass is 9.95. The summed E-state index contributed by atoms with van der Waals surface area (Å²) in [6.45, 7) is 2.38. The normalized spacial score (nSPS) is 17.6. The van der Waals surface area contributed by atoms with Crippen LogP contribution >= 0.6 is 11.6 Å². The predicted molar refractivity (Wildman–Crippen MR) is 80.2 cm³/mol. The van der Waals surface area contributed by atoms with E-state index in [2.05, 4.69) is 4.98 Å². The van der Waals surface area contributed by atoms with Crippen molar-refractivity contribution < 1.29 is 8.42 Å². The van der Waals surface area contributed by atoms with Crippen LogP contribution in [0.3, 0.4) is 0 Å². The van der Waals surface area contributed by atoms with Crippen LogP contribution < -0.4 is 0 Å². The maximum atomic E-state index is 12.7. The first-order chi connectivity index (χ1) is 9.59. The smallest absolute Gasteiger partial charge is 0.243 e. The molecule has 2 rings (SSSR count). The molecule has 0 amide bonds. The molecule has 1 aliphatic carbocycles. The Morgan fingerprint density at radius 2 is 2.00 bits per heavy atom. The monoisotopic (exact) mass is 316 g/mol. The van der Waals surface area contributed by atoms with E-state index in [1.54, 1.807) is 16.4 Å². The van der Waals surface area contributed by atoms with Gasteiger partial charge in [-0.2, -0.15) is 4.31 Å². The summed E-state index contributed by atoms with van der Waals surface area (Å²) in [5.74, 6) is 0.341. The first kappa shape index (κ1) is 15.7. The Balaban J connectivity index is 2.25. The molecular formula is C14H21ClN2O2S. The quantitative estimate of drug-likeness (QED) is 0.784. The second-order valence-corrected chi connectivity index (χ2v) is 7.24. The molecule has 0 radical (unpaired) electrons. The number of rotatable bonds is 5. The van der Waals surface area contributed by atoms with Crippen LogP contribution in [0.4, 0.5) is 0 Å². The van der Waals surface area contributed by atoms with E-state index in [1.165, 1.54) is 12.6 Å². The largest absolute Gasteiger partial charge is 0.260 e. The zero-order valence-corrected chi connectivity index (χ0v) is 13.3. The fourth-order valence-electron chi connectivity index (χ4n) is 2.76. The zero-order valence-electron chi connectivity index (χ0n) is 11.8. The van der Waals surface area contributed by atoms with Gasteiger partial charge in [0.1, 0.15) is 0 Å². The third kappa shape index (κ3) is 3.32. The molecule has 1 heterocycles. The Hall–Kier alpha value is -0.650. The number of hydrogen-bond donors (Lipinski definition) is 0. The van der Waals surface area contributed by atoms with Crippen LogP contribution in [0, 0.1) is 0 Å². The standard InChI is InChI=1S/C14H21ClN2O2S/c1-2-17(13-6-4-3-5-7-13)20(18,19)14-9-8-12(10-15)11-16-14/h8-9,11,13H,2-7,10H2,1H3. The molecule has 0 bridgehead atoms. The van der Waals surface area contributed by atoms with E-state index in [4.69, 9.17) is 11.6 Å². The molecule has 0 atom stereocenters. The molecule has 6 heteroatoms. The fourth-order valence-corrected chi connectivity index (χ4v) is 4.52. The fraction of sp³-hybridized carbons (Fsp3) is 0.643. The summed E-state index contributed by atoms with van der Waals surface area (Å²) in [6, 6.07) is 3.40. The van der Waals surface area contributed by atoms with E-state index in [9.17, 15) is 8.42 Å². The Bertz CT molecular complexity index is 525. The number of pyridine rings is 1. The van der Waals surface area contributed by atoms with Crippen molar-refractivity contribution in [2.45, 2.75) is 56.0 Å². The molecule has 1 aromatic heterocycles. The number of aromatic nitrogens is 1. The molecule has 4 nitrogen and oxygen atoms in total. The van der Waals surface area contributed by atoms with Gasteiger partial charge < -0.3 is 0 Å². The van der Waals surface area contributed by atoms with Crippen molar-refractivity contribution in [3.63, 3.8) is 0 Å². The summed E-state index contributed by atoms with van der Waals surface area (Å²) in [5.41, 5.74) is 0.825. The molecule has 0 unspecified atom stereocenters. The highest BCUT2D eigenvalue weighted by molar-refractivity contribution is 7.89. The van der Waals surface area contributed by atoms with Crippen molar-refractivity contribution in [1.29, 1.82) is 0 Å². The van der Waals surface area contributed by atoms with E-state index in [0.29, 0.717) is 12.4 Å². The van der Waals surface area contributed by atoms with Crippen molar-refractivity contribution in [1.82, 2.24) is 9.29 Å². The van der Waals surface area contributed by atoms with Crippen LogP contribution in [-0.2, 0) is 15.9 Å². The Labute approximate surface area is 126 Å². The maximum Gasteiger partial charge on any atom is 0.260 e. The zero-order chi connectivity index (χ0) is 14.6. The molecule has 0 aromatic carbocycles. The van der Waals surface area contributed by atoms with Crippen LogP contribution in [0.2, 0.25) is 0 Å². The third-order valence-corrected chi connectivity index (χ3v) is 6.07. The number of sulfonamides is 1. The molecule has 20 heavy (non-hydrogen) atoms. The Morgan fingerprint density at radius 1 is 1.30 bits per heavy atom. The molecule has 1 saturated carbocycles. The molecule has 0 saturated heterocycles. The van der Waals surface area contributed by atoms with Crippen LogP contribution in [-0.4, -0.2) is 30.3 Å². The molecule has 1 aromatic rings. The summed E-state index contributed by atoms with van der Waals surface area (Å²) in [4.78, 5) is 4.07. The van der Waals surface area contributed by atoms with Gasteiger partial charge >= 0.3 is 0 Å². The minimum atomic E-state index is -3.50. The van der Waals surface area contributed by atoms with Crippen molar-refractivity contribution in [2.75, 3.05) is 6.54 Å². The lowest BCUT2D eigenvalue weighted by Crippen LogP contribution is -2.41. The lowest BCUT2D eigenvalue weighted by molar-refractivity contribution is 0.260. The third-order valence-electron chi connectivity index (χ3n) is 3.82. The minimum absolute atomic E-state index is 0.119. The van der Waals surface area contributed by atoms with Gasteiger partial charge in [-0.3, -0.25) is 0 Å². The first-order valence-electron chi connectivity index (χ1n) is 7.12. The van der Waals surface area contributed by atoms with Gasteiger partial charge in [0.15, 0.2) is 5.03 Å². The molecule has 1 aliphatic rings. The van der Waals surface area contributed by atoms with E-state index in [0.717, 1.165) is 31.2 Å². The van der Waals surface area contributed by atoms with Crippen LogP contribution in [0.25, 0.3) is 0 Å². The Kier molecular flexibility index (Phi) is 5.41. The molecule has 0 spiro atoms. The van der Waals surface area contributed by atoms with E-state index in [-0.39, 0.29) is 11.1 Å². The van der Waals surface area contributed by atoms with E-state index >= 15 is 0 Å². The van der Waals surface area contributed by atoms with Crippen LogP contribution in [0.1, 0.15) is 44.6 Å². The topological polar surface area (TPSA) is 50.3 Å². The van der Waals surface area contributed by atoms with Crippen LogP contribution in [0.15, 0.2) is 23.4 Å². The summed E-state index contributed by atoms with van der Waals surface area (Å²) < 4.78 is 27.0. The molecule has 1 fully saturated rings. The highest BCUT2D eigenvalue weighted by Crippen LogP contribution is 2.27. The van der Waals surface area contributed by atoms with E-state index < -0.39 is 10.0 Å². The Morgan fingerprint density at radius 3 is 2.50 bits per heavy atom. The van der Waals surface area contributed by atoms with Gasteiger partial charge in [-0.15, -0.1) is 11.6 Å². The number of alkyl halides is 1. The molecule has 112 valence electrons.